The molecule has 3 heterocycles. The van der Waals surface area contributed by atoms with Gasteiger partial charge >= 0.3 is 6.09 Å². The van der Waals surface area contributed by atoms with Gasteiger partial charge in [-0.1, -0.05) is 30.3 Å². The van der Waals surface area contributed by atoms with E-state index in [1.165, 1.54) is 5.56 Å². The smallest absolute Gasteiger partial charge is 0.409 e. The summed E-state index contributed by atoms with van der Waals surface area (Å²) in [6.07, 6.45) is 2.91. The Morgan fingerprint density at radius 2 is 1.93 bits per heavy atom. The standard InChI is InChI=1S/C23H35N3O3/c1-2-29-22(28)25-12-9-21(10-13-25)26-15-20-14-24(16-23(20,17-26)18-27)11-8-19-6-4-3-5-7-19/h3-7,20-21,27H,2,8-18H2,1H3. The fraction of sp³-hybridized carbons (Fsp3) is 0.696. The fourth-order valence-corrected chi connectivity index (χ4v) is 5.56. The first-order valence-corrected chi connectivity index (χ1v) is 11.2. The Balaban J connectivity index is 1.28. The van der Waals surface area contributed by atoms with Crippen LogP contribution in [0.3, 0.4) is 0 Å². The number of carbonyl (C=O) groups is 1. The van der Waals surface area contributed by atoms with E-state index < -0.39 is 0 Å². The van der Waals surface area contributed by atoms with Gasteiger partial charge in [0.1, 0.15) is 0 Å². The highest BCUT2D eigenvalue weighted by atomic mass is 16.6. The van der Waals surface area contributed by atoms with Gasteiger partial charge in [-0.3, -0.25) is 4.90 Å². The van der Waals surface area contributed by atoms with Gasteiger partial charge in [0.05, 0.1) is 13.2 Å². The van der Waals surface area contributed by atoms with Crippen LogP contribution in [0.5, 0.6) is 0 Å². The second kappa shape index (κ2) is 9.02. The minimum atomic E-state index is -0.176. The highest BCUT2D eigenvalue weighted by molar-refractivity contribution is 5.67. The molecule has 0 spiro atoms. The third-order valence-electron chi connectivity index (χ3n) is 7.24. The van der Waals surface area contributed by atoms with Gasteiger partial charge in [0.2, 0.25) is 0 Å². The first kappa shape index (κ1) is 20.6. The predicted molar refractivity (Wildman–Crippen MR) is 113 cm³/mol. The summed E-state index contributed by atoms with van der Waals surface area (Å²) in [4.78, 5) is 18.9. The Bertz CT molecular complexity index is 677. The molecule has 0 radical (unpaired) electrons. The lowest BCUT2D eigenvalue weighted by molar-refractivity contribution is 0.0686. The number of hydrogen-bond donors (Lipinski definition) is 1. The molecule has 0 bridgehead atoms. The second-order valence-corrected chi connectivity index (χ2v) is 9.03. The molecule has 0 saturated carbocycles. The van der Waals surface area contributed by atoms with Gasteiger partial charge in [-0.2, -0.15) is 0 Å². The summed E-state index contributed by atoms with van der Waals surface area (Å²) in [5.74, 6) is 0.548. The Morgan fingerprint density at radius 3 is 2.59 bits per heavy atom. The second-order valence-electron chi connectivity index (χ2n) is 9.03. The summed E-state index contributed by atoms with van der Waals surface area (Å²) in [7, 11) is 0. The van der Waals surface area contributed by atoms with E-state index in [-0.39, 0.29) is 18.1 Å². The Hall–Kier alpha value is -1.63. The molecular formula is C23H35N3O3. The summed E-state index contributed by atoms with van der Waals surface area (Å²) in [5, 5.41) is 10.3. The van der Waals surface area contributed by atoms with Crippen LogP contribution >= 0.6 is 0 Å². The summed E-state index contributed by atoms with van der Waals surface area (Å²) < 4.78 is 5.14. The zero-order valence-corrected chi connectivity index (χ0v) is 17.6. The van der Waals surface area contributed by atoms with Crippen molar-refractivity contribution in [2.75, 3.05) is 59.0 Å². The van der Waals surface area contributed by atoms with Crippen molar-refractivity contribution in [2.24, 2.45) is 11.3 Å². The molecule has 6 nitrogen and oxygen atoms in total. The number of amides is 1. The van der Waals surface area contributed by atoms with Crippen LogP contribution in [-0.2, 0) is 11.2 Å². The van der Waals surface area contributed by atoms with Crippen molar-refractivity contribution in [3.05, 3.63) is 35.9 Å². The Morgan fingerprint density at radius 1 is 1.17 bits per heavy atom. The van der Waals surface area contributed by atoms with E-state index in [0.29, 0.717) is 18.6 Å². The molecule has 3 aliphatic rings. The molecule has 1 amide bonds. The van der Waals surface area contributed by atoms with Gasteiger partial charge in [-0.25, -0.2) is 4.79 Å². The maximum absolute atomic E-state index is 11.9. The van der Waals surface area contributed by atoms with Crippen molar-refractivity contribution in [3.63, 3.8) is 0 Å². The van der Waals surface area contributed by atoms with Crippen LogP contribution in [0.25, 0.3) is 0 Å². The molecule has 0 aliphatic carbocycles. The van der Waals surface area contributed by atoms with E-state index in [1.807, 2.05) is 11.8 Å². The summed E-state index contributed by atoms with van der Waals surface area (Å²) >= 11 is 0. The molecule has 2 unspecified atom stereocenters. The molecule has 160 valence electrons. The van der Waals surface area contributed by atoms with Gasteiger partial charge in [0.15, 0.2) is 0 Å². The monoisotopic (exact) mass is 401 g/mol. The zero-order chi connectivity index (χ0) is 20.3. The van der Waals surface area contributed by atoms with Gasteiger partial charge < -0.3 is 19.6 Å². The van der Waals surface area contributed by atoms with Crippen LogP contribution in [-0.4, -0.2) is 91.0 Å². The third-order valence-corrected chi connectivity index (χ3v) is 7.24. The van der Waals surface area contributed by atoms with E-state index in [1.54, 1.807) is 0 Å². The Kier molecular flexibility index (Phi) is 6.42. The number of nitrogens with zero attached hydrogens (tertiary/aromatic N) is 3. The molecular weight excluding hydrogens is 366 g/mol. The molecule has 2 atom stereocenters. The number of rotatable bonds is 6. The maximum atomic E-state index is 11.9. The molecule has 1 aromatic rings. The highest BCUT2D eigenvalue weighted by Crippen LogP contribution is 2.43. The number of aliphatic hydroxyl groups is 1. The van der Waals surface area contributed by atoms with Crippen LogP contribution in [0.1, 0.15) is 25.3 Å². The van der Waals surface area contributed by atoms with E-state index in [4.69, 9.17) is 4.74 Å². The first-order chi connectivity index (χ1) is 14.1. The molecule has 3 aliphatic heterocycles. The lowest BCUT2D eigenvalue weighted by Gasteiger charge is -2.37. The normalized spacial score (nSPS) is 28.6. The lowest BCUT2D eigenvalue weighted by Crippen LogP contribution is -2.47. The zero-order valence-electron chi connectivity index (χ0n) is 17.6. The van der Waals surface area contributed by atoms with E-state index >= 15 is 0 Å². The molecule has 1 aromatic carbocycles. The van der Waals surface area contributed by atoms with Crippen molar-refractivity contribution in [2.45, 2.75) is 32.2 Å². The summed E-state index contributed by atoms with van der Waals surface area (Å²) in [5.41, 5.74) is 1.41. The van der Waals surface area contributed by atoms with E-state index in [2.05, 4.69) is 40.1 Å². The number of ether oxygens (including phenoxy) is 1. The molecule has 3 saturated heterocycles. The number of hydrogen-bond acceptors (Lipinski definition) is 5. The van der Waals surface area contributed by atoms with Crippen molar-refractivity contribution in [3.8, 4) is 0 Å². The van der Waals surface area contributed by atoms with Gasteiger partial charge in [0.25, 0.3) is 0 Å². The van der Waals surface area contributed by atoms with Gasteiger partial charge in [-0.05, 0) is 37.7 Å². The van der Waals surface area contributed by atoms with Crippen LogP contribution < -0.4 is 0 Å². The first-order valence-electron chi connectivity index (χ1n) is 11.2. The Labute approximate surface area is 174 Å². The highest BCUT2D eigenvalue weighted by Gasteiger charge is 2.53. The average molecular weight is 402 g/mol. The van der Waals surface area contributed by atoms with Crippen molar-refractivity contribution < 1.29 is 14.6 Å². The number of benzene rings is 1. The number of likely N-dealkylation sites (tertiary alicyclic amines) is 3. The minimum Gasteiger partial charge on any atom is -0.450 e. The number of carbonyl (C=O) groups excluding carboxylic acids is 1. The quantitative estimate of drug-likeness (QED) is 0.791. The average Bonchev–Trinajstić information content (AvgIpc) is 3.28. The molecule has 4 rings (SSSR count). The van der Waals surface area contributed by atoms with Crippen LogP contribution in [0.15, 0.2) is 30.3 Å². The number of piperidine rings is 1. The molecule has 6 heteroatoms. The minimum absolute atomic E-state index is 0.0228. The van der Waals surface area contributed by atoms with Crippen molar-refractivity contribution in [1.29, 1.82) is 0 Å². The number of fused-ring (bicyclic) bond motifs is 1. The van der Waals surface area contributed by atoms with Gasteiger partial charge in [0, 0.05) is 57.3 Å². The lowest BCUT2D eigenvalue weighted by atomic mass is 9.82. The van der Waals surface area contributed by atoms with Crippen molar-refractivity contribution >= 4 is 6.09 Å². The van der Waals surface area contributed by atoms with Crippen LogP contribution in [0.2, 0.25) is 0 Å². The summed E-state index contributed by atoms with van der Waals surface area (Å²) in [6, 6.07) is 11.2. The van der Waals surface area contributed by atoms with Crippen LogP contribution in [0.4, 0.5) is 4.79 Å². The van der Waals surface area contributed by atoms with Crippen molar-refractivity contribution in [1.82, 2.24) is 14.7 Å². The third kappa shape index (κ3) is 4.44. The number of aliphatic hydroxyl groups excluding tert-OH is 1. The molecule has 29 heavy (non-hydrogen) atoms. The summed E-state index contributed by atoms with van der Waals surface area (Å²) in [6.45, 7) is 9.34. The fourth-order valence-electron chi connectivity index (χ4n) is 5.56. The van der Waals surface area contributed by atoms with Crippen LogP contribution in [0, 0.1) is 11.3 Å². The predicted octanol–water partition coefficient (Wildman–Crippen LogP) is 2.08. The molecule has 1 N–H and O–H groups in total. The van der Waals surface area contributed by atoms with E-state index in [0.717, 1.165) is 65.1 Å². The molecule has 0 aromatic heterocycles. The van der Waals surface area contributed by atoms with E-state index in [9.17, 15) is 9.90 Å². The maximum Gasteiger partial charge on any atom is 0.409 e. The topological polar surface area (TPSA) is 56.2 Å². The largest absolute Gasteiger partial charge is 0.450 e. The van der Waals surface area contributed by atoms with Gasteiger partial charge in [-0.15, -0.1) is 0 Å². The SMILES string of the molecule is CCOC(=O)N1CCC(N2CC3CN(CCc4ccccc4)CC3(CO)C2)CC1. The molecule has 3 fully saturated rings.